The van der Waals surface area contributed by atoms with Gasteiger partial charge in [0.25, 0.3) is 24.1 Å². The first-order valence-corrected chi connectivity index (χ1v) is 19.6. The van der Waals surface area contributed by atoms with Gasteiger partial charge in [0.15, 0.2) is 0 Å². The quantitative estimate of drug-likeness (QED) is 0.156. The maximum Gasteiger partial charge on any atom is 0.287 e. The van der Waals surface area contributed by atoms with Crippen molar-refractivity contribution < 1.29 is 51.0 Å². The van der Waals surface area contributed by atoms with E-state index in [0.717, 1.165) is 56.4 Å². The number of nitrogens with zero attached hydrogens (tertiary/aromatic N) is 5. The summed E-state index contributed by atoms with van der Waals surface area (Å²) < 4.78 is 58.7. The predicted molar refractivity (Wildman–Crippen MR) is 190 cm³/mol. The van der Waals surface area contributed by atoms with Crippen molar-refractivity contribution in [1.29, 1.82) is 0 Å². The number of ether oxygens (including phenoxy) is 1. The fourth-order valence-corrected chi connectivity index (χ4v) is 8.34. The lowest BCUT2D eigenvalue weighted by atomic mass is 9.84. The van der Waals surface area contributed by atoms with E-state index in [4.69, 9.17) is 10.5 Å². The highest BCUT2D eigenvalue weighted by Gasteiger charge is 2.49. The number of nitrogens with one attached hydrogen (secondary N) is 2. The molecule has 1 aliphatic carbocycles. The highest BCUT2D eigenvalue weighted by molar-refractivity contribution is 7.89. The predicted octanol–water partition coefficient (Wildman–Crippen LogP) is 1.16. The van der Waals surface area contributed by atoms with Gasteiger partial charge < -0.3 is 25.8 Å². The Bertz CT molecular complexity index is 1900. The smallest absolute Gasteiger partial charge is 0.287 e. The fourth-order valence-electron chi connectivity index (χ4n) is 7.33. The van der Waals surface area contributed by atoms with Gasteiger partial charge in [0.2, 0.25) is 21.7 Å². The second kappa shape index (κ2) is 17.1. The third-order valence-corrected chi connectivity index (χ3v) is 11.7. The van der Waals surface area contributed by atoms with Crippen molar-refractivity contribution in [2.75, 3.05) is 26.3 Å². The van der Waals surface area contributed by atoms with Gasteiger partial charge in [0.1, 0.15) is 22.9 Å². The van der Waals surface area contributed by atoms with Gasteiger partial charge in [0, 0.05) is 44.6 Å². The number of primary amides is 1. The van der Waals surface area contributed by atoms with Crippen molar-refractivity contribution in [2.45, 2.75) is 106 Å². The molecule has 20 heteroatoms. The average molecular weight is 793 g/mol. The van der Waals surface area contributed by atoms with Gasteiger partial charge in [-0.25, -0.2) is 31.6 Å². The highest BCUT2D eigenvalue weighted by atomic mass is 32.2. The molecule has 4 amide bonds. The third kappa shape index (κ3) is 9.83. The van der Waals surface area contributed by atoms with Crippen LogP contribution in [0, 0.1) is 5.92 Å². The van der Waals surface area contributed by atoms with E-state index in [1.165, 1.54) is 29.6 Å². The summed E-state index contributed by atoms with van der Waals surface area (Å²) in [4.78, 5) is 72.9. The Balaban J connectivity index is 1.50. The molecule has 0 unspecified atom stereocenters. The van der Waals surface area contributed by atoms with Crippen LogP contribution in [-0.4, -0.2) is 113 Å². The van der Waals surface area contributed by atoms with Crippen LogP contribution in [0.25, 0.3) is 0 Å². The maximum atomic E-state index is 14.7. The Kier molecular flexibility index (Phi) is 12.9. The number of hydrogen-bond acceptors (Lipinski definition) is 11. The highest BCUT2D eigenvalue weighted by Crippen LogP contribution is 2.34. The van der Waals surface area contributed by atoms with Gasteiger partial charge in [-0.2, -0.15) is 0 Å². The molecule has 300 valence electrons. The molecule has 2 saturated heterocycles. The molecular weight excluding hydrogens is 746 g/mol. The summed E-state index contributed by atoms with van der Waals surface area (Å²) in [5.74, 6) is -4.66. The lowest BCUT2D eigenvalue weighted by Crippen LogP contribution is -2.63. The molecule has 3 fully saturated rings. The first-order valence-electron chi connectivity index (χ1n) is 18.1. The number of amides is 4. The molecule has 2 aromatic rings. The van der Waals surface area contributed by atoms with Crippen molar-refractivity contribution in [3.8, 4) is 0 Å². The second-order valence-corrected chi connectivity index (χ2v) is 16.5. The van der Waals surface area contributed by atoms with Crippen LogP contribution in [0.4, 0.5) is 8.78 Å². The number of nitrogens with two attached hydrogens (primary N) is 1. The summed E-state index contributed by atoms with van der Waals surface area (Å²) in [6.45, 7) is 1.93. The van der Waals surface area contributed by atoms with E-state index >= 15 is 0 Å². The number of carbonyl (C=O) groups is 5. The number of carbonyl (C=O) groups excluding carboxylic acids is 5. The van der Waals surface area contributed by atoms with Crippen LogP contribution in [-0.2, 0) is 39.5 Å². The Labute approximate surface area is 316 Å². The topological polar surface area (TPSA) is 245 Å². The first-order chi connectivity index (χ1) is 25.9. The fraction of sp³-hybridized carbons (Fsp3) is 0.600. The van der Waals surface area contributed by atoms with E-state index in [1.54, 1.807) is 4.72 Å². The molecule has 55 heavy (non-hydrogen) atoms. The zero-order valence-corrected chi connectivity index (χ0v) is 31.4. The zero-order chi connectivity index (χ0) is 40.1. The van der Waals surface area contributed by atoms with Gasteiger partial charge in [-0.05, 0) is 50.5 Å². The average Bonchev–Trinajstić information content (AvgIpc) is 3.83. The lowest BCUT2D eigenvalue weighted by molar-refractivity contribution is -0.146. The van der Waals surface area contributed by atoms with Gasteiger partial charge in [0.05, 0.1) is 29.4 Å². The number of sulfonamides is 1. The number of hydrogen-bond donors (Lipinski definition) is 4. The van der Waals surface area contributed by atoms with Crippen LogP contribution in [0.3, 0.4) is 0 Å². The van der Waals surface area contributed by atoms with Crippen LogP contribution in [0.2, 0.25) is 0 Å². The van der Waals surface area contributed by atoms with Crippen molar-refractivity contribution >= 4 is 45.1 Å². The Hall–Kier alpha value is -4.53. The van der Waals surface area contributed by atoms with Crippen LogP contribution in [0.5, 0.6) is 0 Å². The second-order valence-electron chi connectivity index (χ2n) is 14.7. The SMILES string of the molecule is CC(C)(O)c1cnnn1[C@H]1C[C@@H](C(=O)NC2(C(=O)C(N)=O)CCOCC2)N(C(=O)C(CC2CCCCC2)=NC(=O)c2ccc(S(=O)(=O)NCC(F)F)cc2)C1. The minimum Gasteiger partial charge on any atom is -0.384 e. The summed E-state index contributed by atoms with van der Waals surface area (Å²) in [5, 5.41) is 21.6. The van der Waals surface area contributed by atoms with Crippen molar-refractivity contribution in [3.63, 3.8) is 0 Å². The van der Waals surface area contributed by atoms with Crippen molar-refractivity contribution in [3.05, 3.63) is 41.7 Å². The number of aliphatic hydroxyl groups is 1. The first kappa shape index (κ1) is 41.6. The van der Waals surface area contributed by atoms with Crippen LogP contribution in [0.1, 0.15) is 93.7 Å². The number of ketones is 1. The van der Waals surface area contributed by atoms with Crippen LogP contribution >= 0.6 is 0 Å². The summed E-state index contributed by atoms with van der Waals surface area (Å²) in [5.41, 5.74) is 2.36. The van der Waals surface area contributed by atoms with E-state index in [1.807, 2.05) is 0 Å². The number of rotatable bonds is 14. The van der Waals surface area contributed by atoms with E-state index in [2.05, 4.69) is 20.6 Å². The maximum absolute atomic E-state index is 14.7. The minimum atomic E-state index is -4.30. The standard InChI is InChI=1S/C35H46F2N8O9S/c1-34(2,51)27-18-39-43-45(27)23-17-26(32(49)42-35(29(46)30(38)47)12-14-54-15-13-35)44(20-23)33(50)25(16-21-6-4-3-5-7-21)41-31(48)22-8-10-24(11-9-22)55(52,53)40-19-28(36)37/h8-11,18,21,23,26,28,40,51H,3-7,12-17,19-20H2,1-2H3,(H2,38,47)(H,42,49)/t23-,26-/m0/s1. The molecule has 3 heterocycles. The number of alkyl halides is 2. The van der Waals surface area contributed by atoms with Gasteiger partial charge >= 0.3 is 0 Å². The molecule has 0 radical (unpaired) electrons. The molecule has 5 N–H and O–H groups in total. The molecule has 0 bridgehead atoms. The molecule has 1 aromatic heterocycles. The molecule has 17 nitrogen and oxygen atoms in total. The number of halogens is 2. The van der Waals surface area contributed by atoms with Crippen molar-refractivity contribution in [2.24, 2.45) is 16.6 Å². The molecule has 2 aliphatic heterocycles. The van der Waals surface area contributed by atoms with E-state index in [9.17, 15) is 46.3 Å². The lowest BCUT2D eigenvalue weighted by Gasteiger charge is -2.37. The van der Waals surface area contributed by atoms with Crippen molar-refractivity contribution in [1.82, 2.24) is 29.9 Å². The Morgan fingerprint density at radius 2 is 1.75 bits per heavy atom. The molecule has 1 saturated carbocycles. The normalized spacial score (nSPS) is 21.1. The molecular formula is C35H46F2N8O9S. The largest absolute Gasteiger partial charge is 0.384 e. The van der Waals surface area contributed by atoms with E-state index in [-0.39, 0.29) is 67.5 Å². The number of Topliss-reactive ketones (excluding diaryl/α,β-unsaturated/α-hetero) is 1. The van der Waals surface area contributed by atoms with Crippen LogP contribution < -0.4 is 15.8 Å². The van der Waals surface area contributed by atoms with Crippen LogP contribution in [0.15, 0.2) is 40.4 Å². The Morgan fingerprint density at radius 3 is 2.35 bits per heavy atom. The summed E-state index contributed by atoms with van der Waals surface area (Å²) in [6, 6.07) is 2.44. The monoisotopic (exact) mass is 792 g/mol. The Morgan fingerprint density at radius 1 is 1.09 bits per heavy atom. The number of aliphatic imine (C=N–C) groups is 1. The summed E-state index contributed by atoms with van der Waals surface area (Å²) in [7, 11) is -4.30. The molecule has 3 aliphatic rings. The zero-order valence-electron chi connectivity index (χ0n) is 30.6. The number of aromatic nitrogens is 3. The third-order valence-electron chi connectivity index (χ3n) is 10.3. The van der Waals surface area contributed by atoms with E-state index in [0.29, 0.717) is 5.69 Å². The molecule has 1 aromatic carbocycles. The van der Waals surface area contributed by atoms with Gasteiger partial charge in [-0.15, -0.1) is 5.10 Å². The van der Waals surface area contributed by atoms with E-state index < -0.39 is 75.6 Å². The number of likely N-dealkylation sites (tertiary alicyclic amines) is 1. The molecule has 5 rings (SSSR count). The molecule has 2 atom stereocenters. The molecule has 0 spiro atoms. The summed E-state index contributed by atoms with van der Waals surface area (Å²) >= 11 is 0. The van der Waals surface area contributed by atoms with Gasteiger partial charge in [-0.3, -0.25) is 24.0 Å². The number of benzene rings is 1. The van der Waals surface area contributed by atoms with Gasteiger partial charge in [-0.1, -0.05) is 37.3 Å². The minimum absolute atomic E-state index is 0.0147. The summed E-state index contributed by atoms with van der Waals surface area (Å²) in [6.07, 6.45) is 2.73.